The van der Waals surface area contributed by atoms with Crippen LogP contribution < -0.4 is 5.73 Å². The number of rotatable bonds is 5. The SMILES string of the molecule is CC(N)CCCC(=O)OC1CCCC1. The second-order valence-electron chi connectivity index (χ2n) is 4.27. The van der Waals surface area contributed by atoms with Crippen molar-refractivity contribution in [2.75, 3.05) is 0 Å². The summed E-state index contributed by atoms with van der Waals surface area (Å²) in [6.07, 6.45) is 7.01. The Morgan fingerprint density at radius 1 is 1.50 bits per heavy atom. The Balaban J connectivity index is 2.03. The van der Waals surface area contributed by atoms with Crippen LogP contribution in [0.15, 0.2) is 0 Å². The van der Waals surface area contributed by atoms with Gasteiger partial charge in [0, 0.05) is 12.5 Å². The summed E-state index contributed by atoms with van der Waals surface area (Å²) in [4.78, 5) is 11.3. The molecular weight excluding hydrogens is 178 g/mol. The summed E-state index contributed by atoms with van der Waals surface area (Å²) in [6.45, 7) is 1.96. The Morgan fingerprint density at radius 3 is 2.71 bits per heavy atom. The molecule has 1 atom stereocenters. The first kappa shape index (κ1) is 11.5. The number of hydrogen-bond acceptors (Lipinski definition) is 3. The molecule has 1 aliphatic rings. The largest absolute Gasteiger partial charge is 0.462 e. The van der Waals surface area contributed by atoms with Gasteiger partial charge < -0.3 is 10.5 Å². The van der Waals surface area contributed by atoms with Crippen molar-refractivity contribution in [3.05, 3.63) is 0 Å². The summed E-state index contributed by atoms with van der Waals surface area (Å²) in [7, 11) is 0. The quantitative estimate of drug-likeness (QED) is 0.689. The molecule has 82 valence electrons. The van der Waals surface area contributed by atoms with E-state index in [0.29, 0.717) is 6.42 Å². The van der Waals surface area contributed by atoms with Gasteiger partial charge in [-0.25, -0.2) is 0 Å². The van der Waals surface area contributed by atoms with E-state index in [1.165, 1.54) is 12.8 Å². The van der Waals surface area contributed by atoms with E-state index in [2.05, 4.69) is 0 Å². The molecule has 0 radical (unpaired) electrons. The van der Waals surface area contributed by atoms with Crippen LogP contribution in [0.5, 0.6) is 0 Å². The van der Waals surface area contributed by atoms with Crippen LogP contribution in [0.1, 0.15) is 51.9 Å². The lowest BCUT2D eigenvalue weighted by Crippen LogP contribution is -2.17. The van der Waals surface area contributed by atoms with Gasteiger partial charge in [0.1, 0.15) is 6.10 Å². The molecule has 0 aliphatic heterocycles. The van der Waals surface area contributed by atoms with E-state index in [9.17, 15) is 4.79 Å². The van der Waals surface area contributed by atoms with Crippen LogP contribution in [0.3, 0.4) is 0 Å². The maximum Gasteiger partial charge on any atom is 0.306 e. The first-order valence-corrected chi connectivity index (χ1v) is 5.63. The lowest BCUT2D eigenvalue weighted by atomic mass is 10.1. The minimum atomic E-state index is -0.0439. The van der Waals surface area contributed by atoms with Gasteiger partial charge in [0.25, 0.3) is 0 Å². The van der Waals surface area contributed by atoms with Crippen LogP contribution >= 0.6 is 0 Å². The molecule has 0 spiro atoms. The lowest BCUT2D eigenvalue weighted by molar-refractivity contribution is -0.148. The smallest absolute Gasteiger partial charge is 0.306 e. The number of nitrogens with two attached hydrogens (primary N) is 1. The third kappa shape index (κ3) is 4.61. The second-order valence-corrected chi connectivity index (χ2v) is 4.27. The highest BCUT2D eigenvalue weighted by Gasteiger charge is 2.18. The van der Waals surface area contributed by atoms with Crippen LogP contribution in [-0.4, -0.2) is 18.1 Å². The highest BCUT2D eigenvalue weighted by atomic mass is 16.5. The fourth-order valence-corrected chi connectivity index (χ4v) is 1.82. The molecule has 1 aliphatic carbocycles. The van der Waals surface area contributed by atoms with Crippen molar-refractivity contribution >= 4 is 5.97 Å². The zero-order valence-corrected chi connectivity index (χ0v) is 9.00. The summed E-state index contributed by atoms with van der Waals surface area (Å²) >= 11 is 0. The average Bonchev–Trinajstić information content (AvgIpc) is 2.56. The summed E-state index contributed by atoms with van der Waals surface area (Å²) in [5, 5.41) is 0. The molecule has 0 saturated heterocycles. The van der Waals surface area contributed by atoms with Gasteiger partial charge in [-0.2, -0.15) is 0 Å². The van der Waals surface area contributed by atoms with Crippen molar-refractivity contribution in [1.29, 1.82) is 0 Å². The maximum absolute atomic E-state index is 11.3. The molecule has 2 N–H and O–H groups in total. The highest BCUT2D eigenvalue weighted by molar-refractivity contribution is 5.69. The Labute approximate surface area is 86.0 Å². The lowest BCUT2D eigenvalue weighted by Gasteiger charge is -2.11. The summed E-state index contributed by atoms with van der Waals surface area (Å²) in [6, 6.07) is 0.189. The van der Waals surface area contributed by atoms with Crippen LogP contribution in [0.2, 0.25) is 0 Å². The third-order valence-corrected chi connectivity index (χ3v) is 2.64. The first-order valence-electron chi connectivity index (χ1n) is 5.63. The molecule has 0 aromatic rings. The summed E-state index contributed by atoms with van der Waals surface area (Å²) in [5.41, 5.74) is 5.59. The van der Waals surface area contributed by atoms with Crippen molar-refractivity contribution in [3.63, 3.8) is 0 Å². The molecule has 3 nitrogen and oxygen atoms in total. The van der Waals surface area contributed by atoms with Crippen LogP contribution in [0.4, 0.5) is 0 Å². The molecule has 0 heterocycles. The molecule has 1 fully saturated rings. The van der Waals surface area contributed by atoms with Crippen molar-refractivity contribution < 1.29 is 9.53 Å². The molecule has 0 bridgehead atoms. The number of ether oxygens (including phenoxy) is 1. The van der Waals surface area contributed by atoms with Gasteiger partial charge in [0.2, 0.25) is 0 Å². The molecule has 0 amide bonds. The minimum Gasteiger partial charge on any atom is -0.462 e. The number of carbonyl (C=O) groups excluding carboxylic acids is 1. The van der Waals surface area contributed by atoms with Crippen molar-refractivity contribution in [2.24, 2.45) is 5.73 Å². The summed E-state index contributed by atoms with van der Waals surface area (Å²) < 4.78 is 5.31. The second kappa shape index (κ2) is 6.02. The highest BCUT2D eigenvalue weighted by Crippen LogP contribution is 2.21. The number of hydrogen-bond donors (Lipinski definition) is 1. The van der Waals surface area contributed by atoms with Gasteiger partial charge in [-0.1, -0.05) is 0 Å². The van der Waals surface area contributed by atoms with E-state index >= 15 is 0 Å². The van der Waals surface area contributed by atoms with Crippen molar-refractivity contribution in [1.82, 2.24) is 0 Å². The molecular formula is C11H21NO2. The van der Waals surface area contributed by atoms with E-state index in [-0.39, 0.29) is 18.1 Å². The van der Waals surface area contributed by atoms with Gasteiger partial charge in [0.05, 0.1) is 0 Å². The average molecular weight is 199 g/mol. The molecule has 0 aromatic carbocycles. The molecule has 0 aromatic heterocycles. The standard InChI is InChI=1S/C11H21NO2/c1-9(12)5-4-8-11(13)14-10-6-2-3-7-10/h9-10H,2-8,12H2,1H3. The fraction of sp³-hybridized carbons (Fsp3) is 0.909. The van der Waals surface area contributed by atoms with E-state index < -0.39 is 0 Å². The predicted octanol–water partition coefficient (Wildman–Crippen LogP) is 1.99. The number of carbonyl (C=O) groups is 1. The van der Waals surface area contributed by atoms with Gasteiger partial charge in [-0.3, -0.25) is 4.79 Å². The molecule has 3 heteroatoms. The van der Waals surface area contributed by atoms with Gasteiger partial charge >= 0.3 is 5.97 Å². The van der Waals surface area contributed by atoms with Crippen molar-refractivity contribution in [2.45, 2.75) is 64.0 Å². The van der Waals surface area contributed by atoms with E-state index in [1.807, 2.05) is 6.92 Å². The summed E-state index contributed by atoms with van der Waals surface area (Å²) in [5.74, 6) is -0.0439. The molecule has 1 rings (SSSR count). The van der Waals surface area contributed by atoms with Gasteiger partial charge in [-0.05, 0) is 45.4 Å². The predicted molar refractivity (Wildman–Crippen MR) is 55.8 cm³/mol. The normalized spacial score (nSPS) is 19.6. The van der Waals surface area contributed by atoms with Crippen LogP contribution in [0, 0.1) is 0 Å². The fourth-order valence-electron chi connectivity index (χ4n) is 1.82. The van der Waals surface area contributed by atoms with E-state index in [1.54, 1.807) is 0 Å². The van der Waals surface area contributed by atoms with Gasteiger partial charge in [0.15, 0.2) is 0 Å². The Hall–Kier alpha value is -0.570. The molecule has 14 heavy (non-hydrogen) atoms. The van der Waals surface area contributed by atoms with E-state index in [0.717, 1.165) is 25.7 Å². The maximum atomic E-state index is 11.3. The monoisotopic (exact) mass is 199 g/mol. The van der Waals surface area contributed by atoms with Crippen molar-refractivity contribution in [3.8, 4) is 0 Å². The zero-order valence-electron chi connectivity index (χ0n) is 9.00. The Bertz CT molecular complexity index is 174. The van der Waals surface area contributed by atoms with E-state index in [4.69, 9.17) is 10.5 Å². The zero-order chi connectivity index (χ0) is 10.4. The first-order chi connectivity index (χ1) is 6.68. The number of esters is 1. The Kier molecular flexibility index (Phi) is 4.94. The molecule has 1 unspecified atom stereocenters. The Morgan fingerprint density at radius 2 is 2.14 bits per heavy atom. The topological polar surface area (TPSA) is 52.3 Å². The van der Waals surface area contributed by atoms with Crippen LogP contribution in [-0.2, 0) is 9.53 Å². The van der Waals surface area contributed by atoms with Gasteiger partial charge in [-0.15, -0.1) is 0 Å². The third-order valence-electron chi connectivity index (χ3n) is 2.64. The molecule has 1 saturated carbocycles. The minimum absolute atomic E-state index is 0.0439. The van der Waals surface area contributed by atoms with Crippen LogP contribution in [0.25, 0.3) is 0 Å².